The van der Waals surface area contributed by atoms with Crippen molar-refractivity contribution in [2.24, 2.45) is 0 Å². The van der Waals surface area contributed by atoms with Crippen molar-refractivity contribution >= 4 is 34.8 Å². The first-order valence-corrected chi connectivity index (χ1v) is 8.19. The molecular weight excluding hydrogens is 335 g/mol. The van der Waals surface area contributed by atoms with Crippen LogP contribution in [0.3, 0.4) is 0 Å². The van der Waals surface area contributed by atoms with Crippen LogP contribution in [-0.4, -0.2) is 10.5 Å². The summed E-state index contributed by atoms with van der Waals surface area (Å²) in [6, 6.07) is 8.28. The number of carbonyl (C=O) groups is 1. The number of amides is 1. The van der Waals surface area contributed by atoms with Crippen LogP contribution in [0.5, 0.6) is 0 Å². The Morgan fingerprint density at radius 2 is 1.96 bits per heavy atom. The zero-order chi connectivity index (χ0) is 16.8. The number of benzene rings is 1. The van der Waals surface area contributed by atoms with E-state index in [1.165, 1.54) is 10.6 Å². The van der Waals surface area contributed by atoms with Crippen LogP contribution in [0.4, 0.5) is 5.69 Å². The smallest absolute Gasteiger partial charge is 0.250 e. The number of unbranched alkanes of at least 4 members (excludes halogenated alkanes) is 1. The number of rotatable bonds is 6. The Hall–Kier alpha value is -1.78. The van der Waals surface area contributed by atoms with E-state index in [2.05, 4.69) is 5.32 Å². The summed E-state index contributed by atoms with van der Waals surface area (Å²) in [5.74, 6) is -0.0495. The van der Waals surface area contributed by atoms with Crippen LogP contribution in [0, 0.1) is 0 Å². The summed E-state index contributed by atoms with van der Waals surface area (Å²) in [4.78, 5) is 23.8. The van der Waals surface area contributed by atoms with E-state index >= 15 is 0 Å². The van der Waals surface area contributed by atoms with E-state index in [1.807, 2.05) is 13.0 Å². The molecule has 0 radical (unpaired) electrons. The SMILES string of the molecule is CCCCC(=O)Nc1ccc(=O)n(Cc2ccc(Cl)c(Cl)c2)c1. The summed E-state index contributed by atoms with van der Waals surface area (Å²) in [7, 11) is 0. The third kappa shape index (κ3) is 5.12. The maximum atomic E-state index is 12.0. The molecule has 1 aromatic carbocycles. The number of nitrogens with zero attached hydrogens (tertiary/aromatic N) is 1. The normalized spacial score (nSPS) is 10.6. The Labute approximate surface area is 145 Å². The lowest BCUT2D eigenvalue weighted by molar-refractivity contribution is -0.116. The molecule has 2 rings (SSSR count). The maximum Gasteiger partial charge on any atom is 0.250 e. The van der Waals surface area contributed by atoms with Crippen molar-refractivity contribution in [3.05, 3.63) is 62.5 Å². The monoisotopic (exact) mass is 352 g/mol. The first-order valence-electron chi connectivity index (χ1n) is 7.44. The van der Waals surface area contributed by atoms with Gasteiger partial charge in [0.1, 0.15) is 0 Å². The fourth-order valence-corrected chi connectivity index (χ4v) is 2.45. The molecule has 23 heavy (non-hydrogen) atoms. The summed E-state index contributed by atoms with van der Waals surface area (Å²) < 4.78 is 1.52. The Balaban J connectivity index is 2.15. The minimum absolute atomic E-state index is 0.0495. The average molecular weight is 353 g/mol. The molecule has 0 atom stereocenters. The Morgan fingerprint density at radius 3 is 2.65 bits per heavy atom. The van der Waals surface area contributed by atoms with E-state index in [4.69, 9.17) is 23.2 Å². The third-order valence-corrected chi connectivity index (χ3v) is 4.10. The maximum absolute atomic E-state index is 12.0. The van der Waals surface area contributed by atoms with Crippen LogP contribution in [0.25, 0.3) is 0 Å². The predicted octanol–water partition coefficient (Wildman–Crippen LogP) is 4.33. The van der Waals surface area contributed by atoms with Crippen LogP contribution in [0.1, 0.15) is 31.7 Å². The summed E-state index contributed by atoms with van der Waals surface area (Å²) >= 11 is 11.9. The molecule has 1 aromatic heterocycles. The van der Waals surface area contributed by atoms with E-state index in [9.17, 15) is 9.59 Å². The molecule has 0 aliphatic heterocycles. The molecule has 0 aliphatic rings. The van der Waals surface area contributed by atoms with Gasteiger partial charge >= 0.3 is 0 Å². The van der Waals surface area contributed by atoms with Crippen molar-refractivity contribution in [3.8, 4) is 0 Å². The Bertz CT molecular complexity index is 756. The van der Waals surface area contributed by atoms with Gasteiger partial charge in [0, 0.05) is 18.7 Å². The molecule has 2 aromatic rings. The largest absolute Gasteiger partial charge is 0.325 e. The van der Waals surface area contributed by atoms with Gasteiger partial charge in [0.25, 0.3) is 5.56 Å². The molecule has 0 unspecified atom stereocenters. The molecule has 0 aliphatic carbocycles. The molecule has 1 heterocycles. The molecule has 1 N–H and O–H groups in total. The van der Waals surface area contributed by atoms with Crippen molar-refractivity contribution in [2.45, 2.75) is 32.7 Å². The van der Waals surface area contributed by atoms with Crippen LogP contribution in [-0.2, 0) is 11.3 Å². The second-order valence-electron chi connectivity index (χ2n) is 5.28. The minimum Gasteiger partial charge on any atom is -0.325 e. The summed E-state index contributed by atoms with van der Waals surface area (Å²) in [6.07, 6.45) is 3.91. The number of pyridine rings is 1. The fourth-order valence-electron chi connectivity index (χ4n) is 2.12. The highest BCUT2D eigenvalue weighted by Gasteiger charge is 2.05. The van der Waals surface area contributed by atoms with Crippen molar-refractivity contribution in [3.63, 3.8) is 0 Å². The van der Waals surface area contributed by atoms with Gasteiger partial charge < -0.3 is 9.88 Å². The minimum atomic E-state index is -0.150. The molecule has 0 spiro atoms. The lowest BCUT2D eigenvalue weighted by Crippen LogP contribution is -2.21. The van der Waals surface area contributed by atoms with E-state index in [-0.39, 0.29) is 11.5 Å². The molecule has 0 saturated heterocycles. The van der Waals surface area contributed by atoms with E-state index in [0.29, 0.717) is 28.7 Å². The van der Waals surface area contributed by atoms with E-state index in [1.54, 1.807) is 24.4 Å². The summed E-state index contributed by atoms with van der Waals surface area (Å²) in [5.41, 5.74) is 1.31. The molecule has 0 saturated carbocycles. The molecule has 122 valence electrons. The Kier molecular flexibility index (Phi) is 6.25. The number of anilines is 1. The third-order valence-electron chi connectivity index (χ3n) is 3.36. The first-order chi connectivity index (χ1) is 11.0. The molecule has 0 bridgehead atoms. The van der Waals surface area contributed by atoms with Gasteiger partial charge in [-0.15, -0.1) is 0 Å². The standard InChI is InChI=1S/C17H18Cl2N2O2/c1-2-3-4-16(22)20-13-6-8-17(23)21(11-13)10-12-5-7-14(18)15(19)9-12/h5-9,11H,2-4,10H2,1H3,(H,20,22). The number of hydrogen-bond acceptors (Lipinski definition) is 2. The number of hydrogen-bond donors (Lipinski definition) is 1. The zero-order valence-corrected chi connectivity index (χ0v) is 14.3. The van der Waals surface area contributed by atoms with Gasteiger partial charge in [-0.1, -0.05) is 42.6 Å². The van der Waals surface area contributed by atoms with Crippen molar-refractivity contribution in [1.82, 2.24) is 4.57 Å². The highest BCUT2D eigenvalue weighted by molar-refractivity contribution is 6.42. The van der Waals surface area contributed by atoms with Crippen LogP contribution >= 0.6 is 23.2 Å². The topological polar surface area (TPSA) is 51.1 Å². The summed E-state index contributed by atoms with van der Waals surface area (Å²) in [6.45, 7) is 2.39. The van der Waals surface area contributed by atoms with Gasteiger partial charge in [-0.05, 0) is 30.2 Å². The number of halogens is 2. The van der Waals surface area contributed by atoms with Gasteiger partial charge in [-0.3, -0.25) is 9.59 Å². The van der Waals surface area contributed by atoms with Crippen LogP contribution < -0.4 is 10.9 Å². The molecule has 4 nitrogen and oxygen atoms in total. The van der Waals surface area contributed by atoms with Gasteiger partial charge in [-0.2, -0.15) is 0 Å². The van der Waals surface area contributed by atoms with Crippen molar-refractivity contribution < 1.29 is 4.79 Å². The van der Waals surface area contributed by atoms with Crippen LogP contribution in [0.15, 0.2) is 41.3 Å². The number of aromatic nitrogens is 1. The quantitative estimate of drug-likeness (QED) is 0.840. The molecular formula is C17H18Cl2N2O2. The molecule has 6 heteroatoms. The lowest BCUT2D eigenvalue weighted by atomic mass is 10.2. The lowest BCUT2D eigenvalue weighted by Gasteiger charge is -2.10. The average Bonchev–Trinajstić information content (AvgIpc) is 2.52. The fraction of sp³-hybridized carbons (Fsp3) is 0.294. The van der Waals surface area contributed by atoms with Gasteiger partial charge in [0.15, 0.2) is 0 Å². The molecule has 1 amide bonds. The van der Waals surface area contributed by atoms with E-state index in [0.717, 1.165) is 18.4 Å². The highest BCUT2D eigenvalue weighted by atomic mass is 35.5. The number of nitrogens with one attached hydrogen (secondary N) is 1. The van der Waals surface area contributed by atoms with Crippen molar-refractivity contribution in [1.29, 1.82) is 0 Å². The van der Waals surface area contributed by atoms with Gasteiger partial charge in [0.2, 0.25) is 5.91 Å². The van der Waals surface area contributed by atoms with E-state index < -0.39 is 0 Å². The van der Waals surface area contributed by atoms with Crippen molar-refractivity contribution in [2.75, 3.05) is 5.32 Å². The second-order valence-corrected chi connectivity index (χ2v) is 6.10. The zero-order valence-electron chi connectivity index (χ0n) is 12.8. The summed E-state index contributed by atoms with van der Waals surface area (Å²) in [5, 5.41) is 3.72. The molecule has 0 fully saturated rings. The number of carbonyl (C=O) groups excluding carboxylic acids is 1. The highest BCUT2D eigenvalue weighted by Crippen LogP contribution is 2.22. The second kappa shape index (κ2) is 8.18. The van der Waals surface area contributed by atoms with Gasteiger partial charge in [-0.25, -0.2) is 0 Å². The van der Waals surface area contributed by atoms with Crippen LogP contribution in [0.2, 0.25) is 10.0 Å². The predicted molar refractivity (Wildman–Crippen MR) is 94.4 cm³/mol. The first kappa shape index (κ1) is 17.6. The Morgan fingerprint density at radius 1 is 1.17 bits per heavy atom. The van der Waals surface area contributed by atoms with Gasteiger partial charge in [0.05, 0.1) is 22.3 Å².